The summed E-state index contributed by atoms with van der Waals surface area (Å²) in [6.07, 6.45) is 3.33. The second-order valence-electron chi connectivity index (χ2n) is 2.99. The van der Waals surface area contributed by atoms with Crippen molar-refractivity contribution >= 4 is 21.9 Å². The molecule has 7 heteroatoms. The molecule has 0 aliphatic carbocycles. The van der Waals surface area contributed by atoms with Crippen LogP contribution >= 0.6 is 15.9 Å². The van der Waals surface area contributed by atoms with Crippen LogP contribution in [0.4, 0.5) is 5.95 Å². The zero-order valence-electron chi connectivity index (χ0n) is 8.57. The lowest BCUT2D eigenvalue weighted by Crippen LogP contribution is -2.04. The molecule has 2 aromatic heterocycles. The maximum absolute atomic E-state index is 5.06. The number of aromatic amines is 1. The lowest BCUT2D eigenvalue weighted by atomic mass is 10.4. The molecule has 0 spiro atoms. The number of hydrogen-bond donors (Lipinski definition) is 2. The molecule has 0 amide bonds. The maximum atomic E-state index is 5.06. The highest BCUT2D eigenvalue weighted by Crippen LogP contribution is 2.21. The third-order valence-electron chi connectivity index (χ3n) is 1.90. The first-order chi connectivity index (χ1) is 7.79. The molecule has 0 bridgehead atoms. The standard InChI is InChI=1S/C9H10BrN5O/c1-16-8-7(10)5-12-9(14-8)11-4-6-2-3-13-15-6/h2-3,5H,4H2,1H3,(H,13,15)(H,11,12,14). The highest BCUT2D eigenvalue weighted by molar-refractivity contribution is 9.10. The Morgan fingerprint density at radius 2 is 2.44 bits per heavy atom. The van der Waals surface area contributed by atoms with Crippen LogP contribution in [-0.4, -0.2) is 27.3 Å². The Labute approximate surface area is 101 Å². The van der Waals surface area contributed by atoms with Crippen LogP contribution in [0.3, 0.4) is 0 Å². The van der Waals surface area contributed by atoms with E-state index in [2.05, 4.69) is 41.4 Å². The van der Waals surface area contributed by atoms with Crippen molar-refractivity contribution in [3.63, 3.8) is 0 Å². The highest BCUT2D eigenvalue weighted by atomic mass is 79.9. The Balaban J connectivity index is 2.04. The molecule has 0 saturated heterocycles. The summed E-state index contributed by atoms with van der Waals surface area (Å²) in [4.78, 5) is 8.27. The molecule has 2 N–H and O–H groups in total. The molecule has 0 unspecified atom stereocenters. The number of halogens is 1. The van der Waals surface area contributed by atoms with E-state index in [1.54, 1.807) is 19.5 Å². The summed E-state index contributed by atoms with van der Waals surface area (Å²) in [5.41, 5.74) is 0.963. The molecule has 0 aliphatic heterocycles. The predicted molar refractivity (Wildman–Crippen MR) is 62.2 cm³/mol. The maximum Gasteiger partial charge on any atom is 0.232 e. The van der Waals surface area contributed by atoms with E-state index in [0.29, 0.717) is 18.4 Å². The van der Waals surface area contributed by atoms with E-state index >= 15 is 0 Å². The molecule has 2 rings (SSSR count). The van der Waals surface area contributed by atoms with E-state index < -0.39 is 0 Å². The van der Waals surface area contributed by atoms with Gasteiger partial charge < -0.3 is 10.1 Å². The van der Waals surface area contributed by atoms with Crippen molar-refractivity contribution in [2.24, 2.45) is 0 Å². The van der Waals surface area contributed by atoms with Crippen molar-refractivity contribution in [1.82, 2.24) is 20.2 Å². The molecule has 2 aromatic rings. The minimum Gasteiger partial charge on any atom is -0.480 e. The Bertz CT molecular complexity index is 459. The van der Waals surface area contributed by atoms with E-state index in [1.165, 1.54) is 0 Å². The van der Waals surface area contributed by atoms with E-state index in [1.807, 2.05) is 6.07 Å². The first-order valence-electron chi connectivity index (χ1n) is 4.58. The minimum atomic E-state index is 0.502. The smallest absolute Gasteiger partial charge is 0.232 e. The van der Waals surface area contributed by atoms with Crippen molar-refractivity contribution in [2.45, 2.75) is 6.54 Å². The van der Waals surface area contributed by atoms with Gasteiger partial charge in [0.1, 0.15) is 0 Å². The summed E-state index contributed by atoms with van der Waals surface area (Å²) in [6, 6.07) is 1.88. The highest BCUT2D eigenvalue weighted by Gasteiger charge is 2.04. The number of ether oxygens (including phenoxy) is 1. The summed E-state index contributed by atoms with van der Waals surface area (Å²) < 4.78 is 5.79. The van der Waals surface area contributed by atoms with Gasteiger partial charge in [-0.1, -0.05) is 0 Å². The van der Waals surface area contributed by atoms with Crippen LogP contribution in [0.25, 0.3) is 0 Å². The second-order valence-corrected chi connectivity index (χ2v) is 3.84. The summed E-state index contributed by atoms with van der Waals surface area (Å²) >= 11 is 3.29. The fourth-order valence-corrected chi connectivity index (χ4v) is 1.49. The molecule has 6 nitrogen and oxygen atoms in total. The Hall–Kier alpha value is -1.63. The van der Waals surface area contributed by atoms with Crippen LogP contribution in [-0.2, 0) is 6.54 Å². The lowest BCUT2D eigenvalue weighted by Gasteiger charge is -2.05. The number of aromatic nitrogens is 4. The minimum absolute atomic E-state index is 0.502. The average Bonchev–Trinajstić information content (AvgIpc) is 2.81. The first-order valence-corrected chi connectivity index (χ1v) is 5.37. The molecule has 0 atom stereocenters. The molecule has 0 aromatic carbocycles. The summed E-state index contributed by atoms with van der Waals surface area (Å²) in [7, 11) is 1.56. The second kappa shape index (κ2) is 4.93. The van der Waals surface area contributed by atoms with Crippen molar-refractivity contribution in [2.75, 3.05) is 12.4 Å². The van der Waals surface area contributed by atoms with Gasteiger partial charge in [-0.25, -0.2) is 4.98 Å². The average molecular weight is 284 g/mol. The van der Waals surface area contributed by atoms with Gasteiger partial charge in [0.05, 0.1) is 30.0 Å². The number of nitrogens with one attached hydrogen (secondary N) is 2. The molecule has 16 heavy (non-hydrogen) atoms. The molecule has 0 radical (unpaired) electrons. The van der Waals surface area contributed by atoms with Gasteiger partial charge in [-0.3, -0.25) is 5.10 Å². The van der Waals surface area contributed by atoms with Crippen molar-refractivity contribution in [3.8, 4) is 5.88 Å². The third kappa shape index (κ3) is 2.48. The van der Waals surface area contributed by atoms with Gasteiger partial charge in [0, 0.05) is 6.20 Å². The van der Waals surface area contributed by atoms with Crippen LogP contribution in [0.2, 0.25) is 0 Å². The Morgan fingerprint density at radius 3 is 3.12 bits per heavy atom. The van der Waals surface area contributed by atoms with Crippen molar-refractivity contribution < 1.29 is 4.74 Å². The molecular formula is C9H10BrN5O. The van der Waals surface area contributed by atoms with Crippen LogP contribution in [0.1, 0.15) is 5.69 Å². The number of anilines is 1. The monoisotopic (exact) mass is 283 g/mol. The van der Waals surface area contributed by atoms with Crippen molar-refractivity contribution in [3.05, 3.63) is 28.6 Å². The van der Waals surface area contributed by atoms with Gasteiger partial charge in [-0.05, 0) is 22.0 Å². The number of rotatable bonds is 4. The lowest BCUT2D eigenvalue weighted by molar-refractivity contribution is 0.394. The molecule has 84 valence electrons. The van der Waals surface area contributed by atoms with Gasteiger partial charge >= 0.3 is 0 Å². The Kier molecular flexibility index (Phi) is 3.35. The fourth-order valence-electron chi connectivity index (χ4n) is 1.14. The SMILES string of the molecule is COc1nc(NCc2ccn[nH]2)ncc1Br. The van der Waals surface area contributed by atoms with Gasteiger partial charge in [-0.15, -0.1) is 0 Å². The summed E-state index contributed by atoms with van der Waals surface area (Å²) in [5.74, 6) is 1.01. The van der Waals surface area contributed by atoms with E-state index in [4.69, 9.17) is 4.74 Å². The number of H-pyrrole nitrogens is 1. The van der Waals surface area contributed by atoms with E-state index in [-0.39, 0.29) is 0 Å². The molecule has 0 aliphatic rings. The molecular weight excluding hydrogens is 274 g/mol. The topological polar surface area (TPSA) is 75.7 Å². The molecule has 2 heterocycles. The Morgan fingerprint density at radius 1 is 1.56 bits per heavy atom. The van der Waals surface area contributed by atoms with Crippen LogP contribution in [0, 0.1) is 0 Å². The summed E-state index contributed by atoms with van der Waals surface area (Å²) in [6.45, 7) is 0.588. The number of hydrogen-bond acceptors (Lipinski definition) is 5. The van der Waals surface area contributed by atoms with E-state index in [0.717, 1.165) is 10.2 Å². The van der Waals surface area contributed by atoms with Crippen LogP contribution < -0.4 is 10.1 Å². The number of nitrogens with zero attached hydrogens (tertiary/aromatic N) is 3. The largest absolute Gasteiger partial charge is 0.480 e. The van der Waals surface area contributed by atoms with Gasteiger partial charge in [0.25, 0.3) is 0 Å². The first kappa shape index (κ1) is 10.9. The van der Waals surface area contributed by atoms with Gasteiger partial charge in [-0.2, -0.15) is 10.1 Å². The predicted octanol–water partition coefficient (Wildman–Crippen LogP) is 1.58. The molecule has 0 fully saturated rings. The van der Waals surface area contributed by atoms with Crippen LogP contribution in [0.15, 0.2) is 22.9 Å². The van der Waals surface area contributed by atoms with Gasteiger partial charge in [0.15, 0.2) is 0 Å². The normalized spacial score (nSPS) is 10.1. The molecule has 0 saturated carbocycles. The summed E-state index contributed by atoms with van der Waals surface area (Å²) in [5, 5.41) is 9.74. The zero-order chi connectivity index (χ0) is 11.4. The quantitative estimate of drug-likeness (QED) is 0.891. The van der Waals surface area contributed by atoms with Crippen LogP contribution in [0.5, 0.6) is 5.88 Å². The fraction of sp³-hybridized carbons (Fsp3) is 0.222. The third-order valence-corrected chi connectivity index (χ3v) is 2.44. The van der Waals surface area contributed by atoms with Crippen molar-refractivity contribution in [1.29, 1.82) is 0 Å². The zero-order valence-corrected chi connectivity index (χ0v) is 10.2. The number of methoxy groups -OCH3 is 1. The van der Waals surface area contributed by atoms with E-state index in [9.17, 15) is 0 Å². The van der Waals surface area contributed by atoms with Gasteiger partial charge in [0.2, 0.25) is 11.8 Å².